The van der Waals surface area contributed by atoms with Crippen molar-refractivity contribution >= 4 is 39.1 Å². The van der Waals surface area contributed by atoms with Crippen LogP contribution in [0.15, 0.2) is 34.9 Å². The lowest BCUT2D eigenvalue weighted by Crippen LogP contribution is -1.88. The second kappa shape index (κ2) is 5.57. The fourth-order valence-electron chi connectivity index (χ4n) is 1.22. The number of nitrogens with zero attached hydrogens (tertiary/aromatic N) is 2. The Morgan fingerprint density at radius 1 is 1.22 bits per heavy atom. The van der Waals surface area contributed by atoms with E-state index in [0.29, 0.717) is 31.7 Å². The molecule has 0 saturated carbocycles. The summed E-state index contributed by atoms with van der Waals surface area (Å²) >= 11 is 15.2. The lowest BCUT2D eigenvalue weighted by Gasteiger charge is -2.08. The van der Waals surface area contributed by atoms with E-state index in [4.69, 9.17) is 33.2 Å². The molecule has 0 saturated heterocycles. The highest BCUT2D eigenvalue weighted by Gasteiger charge is 2.08. The first-order valence-electron chi connectivity index (χ1n) is 4.78. The van der Waals surface area contributed by atoms with E-state index in [0.717, 1.165) is 0 Å². The predicted octanol–water partition coefficient (Wildman–Crippen LogP) is 4.81. The first kappa shape index (κ1) is 13.2. The minimum absolute atomic E-state index is 0.322. The van der Waals surface area contributed by atoms with Crippen molar-refractivity contribution in [2.75, 3.05) is 0 Å². The number of rotatable bonds is 2. The van der Waals surface area contributed by atoms with Gasteiger partial charge in [0.05, 0.1) is 16.2 Å². The van der Waals surface area contributed by atoms with Crippen molar-refractivity contribution < 1.29 is 4.74 Å². The van der Waals surface area contributed by atoms with E-state index in [9.17, 15) is 0 Å². The minimum Gasteiger partial charge on any atom is -0.454 e. The Morgan fingerprint density at radius 2 is 2.00 bits per heavy atom. The minimum atomic E-state index is 0.322. The van der Waals surface area contributed by atoms with Crippen LogP contribution in [0.4, 0.5) is 0 Å². The topological polar surface area (TPSA) is 45.9 Å². The monoisotopic (exact) mass is 342 g/mol. The molecule has 0 aliphatic carbocycles. The molecule has 3 nitrogen and oxygen atoms in total. The average molecular weight is 344 g/mol. The smallest absolute Gasteiger partial charge is 0.147 e. The van der Waals surface area contributed by atoms with Crippen LogP contribution in [0.3, 0.4) is 0 Å². The fraction of sp³-hybridized carbons (Fsp3) is 0. The van der Waals surface area contributed by atoms with E-state index in [2.05, 4.69) is 20.9 Å². The van der Waals surface area contributed by atoms with Crippen LogP contribution < -0.4 is 4.74 Å². The predicted molar refractivity (Wildman–Crippen MR) is 73.2 cm³/mol. The quantitative estimate of drug-likeness (QED) is 0.734. The highest BCUT2D eigenvalue weighted by molar-refractivity contribution is 9.10. The van der Waals surface area contributed by atoms with Crippen molar-refractivity contribution in [1.82, 2.24) is 4.98 Å². The van der Waals surface area contributed by atoms with Gasteiger partial charge in [0.25, 0.3) is 0 Å². The molecule has 0 fully saturated rings. The highest BCUT2D eigenvalue weighted by Crippen LogP contribution is 2.36. The molecule has 0 amide bonds. The van der Waals surface area contributed by atoms with E-state index in [1.54, 1.807) is 24.3 Å². The molecule has 1 aromatic carbocycles. The normalized spacial score (nSPS) is 9.89. The third kappa shape index (κ3) is 2.94. The molecule has 6 heteroatoms. The van der Waals surface area contributed by atoms with E-state index < -0.39 is 0 Å². The maximum absolute atomic E-state index is 8.63. The molecule has 0 N–H and O–H groups in total. The maximum Gasteiger partial charge on any atom is 0.147 e. The zero-order valence-electron chi connectivity index (χ0n) is 8.82. The molecule has 0 radical (unpaired) electrons. The first-order chi connectivity index (χ1) is 8.60. The number of nitriles is 1. The van der Waals surface area contributed by atoms with Gasteiger partial charge in [0.2, 0.25) is 0 Å². The molecule has 0 spiro atoms. The molecule has 0 aliphatic heterocycles. The van der Waals surface area contributed by atoms with Crippen LogP contribution in [0.1, 0.15) is 5.69 Å². The maximum atomic E-state index is 8.63. The molecule has 2 aromatic rings. The number of pyridine rings is 1. The molecule has 0 unspecified atom stereocenters. The van der Waals surface area contributed by atoms with Crippen molar-refractivity contribution in [2.24, 2.45) is 0 Å². The summed E-state index contributed by atoms with van der Waals surface area (Å²) < 4.78 is 6.23. The van der Waals surface area contributed by atoms with Crippen molar-refractivity contribution in [2.45, 2.75) is 0 Å². The molecule has 1 aromatic heterocycles. The van der Waals surface area contributed by atoms with Gasteiger partial charge in [-0.05, 0) is 34.1 Å². The number of ether oxygens (including phenoxy) is 1. The van der Waals surface area contributed by atoms with Crippen LogP contribution >= 0.6 is 39.1 Å². The molecule has 90 valence electrons. The molecule has 2 rings (SSSR count). The van der Waals surface area contributed by atoms with Gasteiger partial charge in [-0.15, -0.1) is 0 Å². The van der Waals surface area contributed by atoms with Crippen molar-refractivity contribution in [3.63, 3.8) is 0 Å². The average Bonchev–Trinajstić information content (AvgIpc) is 2.37. The fourth-order valence-corrected chi connectivity index (χ4v) is 2.05. The molecule has 1 heterocycles. The molecule has 18 heavy (non-hydrogen) atoms. The van der Waals surface area contributed by atoms with Gasteiger partial charge >= 0.3 is 0 Å². The molecule has 0 aliphatic rings. The van der Waals surface area contributed by atoms with Crippen molar-refractivity contribution in [3.8, 4) is 17.6 Å². The summed E-state index contributed by atoms with van der Waals surface area (Å²) in [6, 6.07) is 8.37. The van der Waals surface area contributed by atoms with E-state index in [1.165, 1.54) is 6.20 Å². The van der Waals surface area contributed by atoms with E-state index in [-0.39, 0.29) is 0 Å². The van der Waals surface area contributed by atoms with Crippen LogP contribution in [0.2, 0.25) is 10.0 Å². The van der Waals surface area contributed by atoms with Crippen LogP contribution in [0.25, 0.3) is 0 Å². The second-order valence-corrected chi connectivity index (χ2v) is 4.96. The third-order valence-electron chi connectivity index (χ3n) is 2.05. The third-order valence-corrected chi connectivity index (χ3v) is 3.55. The number of hydrogen-bond acceptors (Lipinski definition) is 3. The van der Waals surface area contributed by atoms with Gasteiger partial charge in [-0.25, -0.2) is 4.98 Å². The Hall–Kier alpha value is -1.28. The standard InChI is InChI=1S/C12H5BrCl2N2O/c13-9-3-11(15)12(4-10(9)14)18-8-2-1-7(5-16)17-6-8/h1-4,6H. The van der Waals surface area contributed by atoms with Crippen LogP contribution in [0.5, 0.6) is 11.5 Å². The van der Waals surface area contributed by atoms with Gasteiger partial charge in [-0.2, -0.15) is 5.26 Å². The summed E-state index contributed by atoms with van der Waals surface area (Å²) in [5, 5.41) is 9.55. The highest BCUT2D eigenvalue weighted by atomic mass is 79.9. The Bertz CT molecular complexity index is 623. The van der Waals surface area contributed by atoms with Crippen LogP contribution in [-0.2, 0) is 0 Å². The summed E-state index contributed by atoms with van der Waals surface area (Å²) in [7, 11) is 0. The molecular formula is C12H5BrCl2N2O. The second-order valence-electron chi connectivity index (χ2n) is 3.29. The Balaban J connectivity index is 2.28. The van der Waals surface area contributed by atoms with Gasteiger partial charge < -0.3 is 4.74 Å². The molecule has 0 bridgehead atoms. The van der Waals surface area contributed by atoms with E-state index in [1.807, 2.05) is 6.07 Å². The summed E-state index contributed by atoms with van der Waals surface area (Å²) in [5.74, 6) is 0.908. The first-order valence-corrected chi connectivity index (χ1v) is 6.33. The Morgan fingerprint density at radius 3 is 2.61 bits per heavy atom. The molecule has 0 atom stereocenters. The summed E-state index contributed by atoms with van der Waals surface area (Å²) in [5.41, 5.74) is 0.322. The van der Waals surface area contributed by atoms with Gasteiger partial charge in [0, 0.05) is 10.5 Å². The van der Waals surface area contributed by atoms with Gasteiger partial charge in [-0.3, -0.25) is 0 Å². The Labute approximate surface area is 122 Å². The van der Waals surface area contributed by atoms with Crippen molar-refractivity contribution in [1.29, 1.82) is 5.26 Å². The van der Waals surface area contributed by atoms with Crippen LogP contribution in [0, 0.1) is 11.3 Å². The van der Waals surface area contributed by atoms with E-state index >= 15 is 0 Å². The Kier molecular flexibility index (Phi) is 4.07. The number of benzene rings is 1. The van der Waals surface area contributed by atoms with Crippen LogP contribution in [-0.4, -0.2) is 4.98 Å². The summed E-state index contributed by atoms with van der Waals surface area (Å²) in [6.07, 6.45) is 1.45. The zero-order valence-corrected chi connectivity index (χ0v) is 11.9. The lowest BCUT2D eigenvalue weighted by atomic mass is 10.3. The van der Waals surface area contributed by atoms with Gasteiger partial charge in [0.1, 0.15) is 23.3 Å². The summed E-state index contributed by atoms with van der Waals surface area (Å²) in [6.45, 7) is 0. The van der Waals surface area contributed by atoms with Gasteiger partial charge in [-0.1, -0.05) is 23.2 Å². The number of halogens is 3. The zero-order chi connectivity index (χ0) is 13.1. The lowest BCUT2D eigenvalue weighted by molar-refractivity contribution is 0.480. The largest absolute Gasteiger partial charge is 0.454 e. The summed E-state index contributed by atoms with van der Waals surface area (Å²) in [4.78, 5) is 3.89. The van der Waals surface area contributed by atoms with Gasteiger partial charge in [0.15, 0.2) is 0 Å². The number of aromatic nitrogens is 1. The van der Waals surface area contributed by atoms with Crippen molar-refractivity contribution in [3.05, 3.63) is 50.7 Å². The number of hydrogen-bond donors (Lipinski definition) is 0. The molecular weight excluding hydrogens is 339 g/mol. The SMILES string of the molecule is N#Cc1ccc(Oc2cc(Cl)c(Br)cc2Cl)cn1.